The number of hydrogen-bond acceptors (Lipinski definition) is 1. The second-order valence-electron chi connectivity index (χ2n) is 5.17. The van der Waals surface area contributed by atoms with E-state index < -0.39 is 0 Å². The maximum atomic E-state index is 13.2. The van der Waals surface area contributed by atoms with E-state index in [1.807, 2.05) is 6.07 Å². The summed E-state index contributed by atoms with van der Waals surface area (Å²) in [6, 6.07) is 15.6. The van der Waals surface area contributed by atoms with Crippen LogP contribution < -0.4 is 5.32 Å². The zero-order valence-electron chi connectivity index (χ0n) is 11.7. The molecule has 0 amide bonds. The molecule has 2 aromatic carbocycles. The predicted octanol–water partition coefficient (Wildman–Crippen LogP) is 4.87. The lowest BCUT2D eigenvalue weighted by atomic mass is 10.0. The van der Waals surface area contributed by atoms with Gasteiger partial charge in [0.15, 0.2) is 0 Å². The van der Waals surface area contributed by atoms with Crippen molar-refractivity contribution in [2.75, 3.05) is 0 Å². The minimum absolute atomic E-state index is 0.135. The van der Waals surface area contributed by atoms with Crippen LogP contribution in [0.5, 0.6) is 0 Å². The summed E-state index contributed by atoms with van der Waals surface area (Å²) in [6.07, 6.45) is 0.951. The maximum absolute atomic E-state index is 13.2. The monoisotopic (exact) mass is 335 g/mol. The lowest BCUT2D eigenvalue weighted by Crippen LogP contribution is -2.30. The van der Waals surface area contributed by atoms with E-state index in [4.69, 9.17) is 0 Å². The Kier molecular flexibility index (Phi) is 5.32. The van der Waals surface area contributed by atoms with Gasteiger partial charge in [0.05, 0.1) is 0 Å². The summed E-state index contributed by atoms with van der Waals surface area (Å²) < 4.78 is 14.3. The average Bonchev–Trinajstić information content (AvgIpc) is 2.41. The molecule has 0 saturated heterocycles. The summed E-state index contributed by atoms with van der Waals surface area (Å²) in [7, 11) is 0. The molecule has 3 heteroatoms. The van der Waals surface area contributed by atoms with E-state index in [9.17, 15) is 4.39 Å². The van der Waals surface area contributed by atoms with Crippen molar-refractivity contribution >= 4 is 15.9 Å². The van der Waals surface area contributed by atoms with Gasteiger partial charge in [-0.3, -0.25) is 0 Å². The van der Waals surface area contributed by atoms with E-state index >= 15 is 0 Å². The minimum atomic E-state index is -0.184. The summed E-state index contributed by atoms with van der Waals surface area (Å²) in [4.78, 5) is 0. The fourth-order valence-electron chi connectivity index (χ4n) is 2.33. The third-order valence-electron chi connectivity index (χ3n) is 3.34. The van der Waals surface area contributed by atoms with Gasteiger partial charge >= 0.3 is 0 Å². The van der Waals surface area contributed by atoms with E-state index in [1.54, 1.807) is 12.1 Å². The Morgan fingerprint density at radius 2 is 1.80 bits per heavy atom. The Morgan fingerprint density at radius 3 is 2.45 bits per heavy atom. The second-order valence-corrected chi connectivity index (χ2v) is 6.09. The van der Waals surface area contributed by atoms with Crippen LogP contribution in [0.1, 0.15) is 31.0 Å². The molecule has 1 nitrogen and oxygen atoms in total. The van der Waals surface area contributed by atoms with Gasteiger partial charge in [0.1, 0.15) is 5.82 Å². The molecule has 0 aromatic heterocycles. The van der Waals surface area contributed by atoms with Gasteiger partial charge in [-0.15, -0.1) is 0 Å². The first kappa shape index (κ1) is 15.2. The molecule has 0 spiro atoms. The molecule has 2 rings (SSSR count). The minimum Gasteiger partial charge on any atom is -0.307 e. The van der Waals surface area contributed by atoms with Gasteiger partial charge in [-0.1, -0.05) is 40.2 Å². The Labute approximate surface area is 128 Å². The van der Waals surface area contributed by atoms with Crippen LogP contribution in [0.15, 0.2) is 53.0 Å². The Bertz CT molecular complexity index is 553. The molecule has 1 unspecified atom stereocenters. The van der Waals surface area contributed by atoms with Crippen LogP contribution in [0.4, 0.5) is 4.39 Å². The van der Waals surface area contributed by atoms with E-state index in [0.29, 0.717) is 6.04 Å². The molecular formula is C17H19BrFN. The Hall–Kier alpha value is -1.19. The van der Waals surface area contributed by atoms with Crippen molar-refractivity contribution in [3.8, 4) is 0 Å². The molecule has 0 radical (unpaired) electrons. The van der Waals surface area contributed by atoms with Crippen molar-refractivity contribution in [2.24, 2.45) is 0 Å². The molecule has 20 heavy (non-hydrogen) atoms. The molecule has 0 bridgehead atoms. The normalized spacial score (nSPS) is 14.0. The van der Waals surface area contributed by atoms with Crippen LogP contribution in [0.3, 0.4) is 0 Å². The first-order chi connectivity index (χ1) is 9.54. The van der Waals surface area contributed by atoms with E-state index in [2.05, 4.69) is 59.4 Å². The standard InChI is InChI=1S/C17H19BrFN/c1-12(10-14-6-8-16(18)9-7-14)20-13(2)15-4-3-5-17(19)11-15/h3-9,11-13,20H,10H2,1-2H3/t12?,13-/m0/s1. The van der Waals surface area contributed by atoms with Gasteiger partial charge in [0.25, 0.3) is 0 Å². The molecular weight excluding hydrogens is 317 g/mol. The predicted molar refractivity (Wildman–Crippen MR) is 85.3 cm³/mol. The van der Waals surface area contributed by atoms with Gasteiger partial charge in [-0.25, -0.2) is 4.39 Å². The van der Waals surface area contributed by atoms with Crippen LogP contribution in [-0.4, -0.2) is 6.04 Å². The lowest BCUT2D eigenvalue weighted by Gasteiger charge is -2.20. The highest BCUT2D eigenvalue weighted by Gasteiger charge is 2.10. The number of hydrogen-bond donors (Lipinski definition) is 1. The van der Waals surface area contributed by atoms with Crippen molar-refractivity contribution in [2.45, 2.75) is 32.4 Å². The molecule has 0 saturated carbocycles. The number of rotatable bonds is 5. The topological polar surface area (TPSA) is 12.0 Å². The van der Waals surface area contributed by atoms with Crippen LogP contribution in [0, 0.1) is 5.82 Å². The summed E-state index contributed by atoms with van der Waals surface area (Å²) in [5.74, 6) is -0.184. The van der Waals surface area contributed by atoms with E-state index in [1.165, 1.54) is 11.6 Å². The van der Waals surface area contributed by atoms with Gasteiger partial charge in [0.2, 0.25) is 0 Å². The molecule has 0 fully saturated rings. The Balaban J connectivity index is 1.93. The largest absolute Gasteiger partial charge is 0.307 e. The molecule has 2 aromatic rings. The number of nitrogens with one attached hydrogen (secondary N) is 1. The highest BCUT2D eigenvalue weighted by molar-refractivity contribution is 9.10. The van der Waals surface area contributed by atoms with E-state index in [0.717, 1.165) is 16.5 Å². The second kappa shape index (κ2) is 7.00. The molecule has 106 valence electrons. The van der Waals surface area contributed by atoms with Crippen LogP contribution in [-0.2, 0) is 6.42 Å². The molecule has 2 atom stereocenters. The molecule has 0 heterocycles. The van der Waals surface area contributed by atoms with Crippen molar-refractivity contribution in [1.82, 2.24) is 5.32 Å². The maximum Gasteiger partial charge on any atom is 0.123 e. The first-order valence-electron chi connectivity index (χ1n) is 6.80. The molecule has 0 aliphatic carbocycles. The van der Waals surface area contributed by atoms with Crippen LogP contribution in [0.2, 0.25) is 0 Å². The third-order valence-corrected chi connectivity index (χ3v) is 3.87. The van der Waals surface area contributed by atoms with Crippen molar-refractivity contribution in [3.63, 3.8) is 0 Å². The van der Waals surface area contributed by atoms with Gasteiger partial charge in [-0.2, -0.15) is 0 Å². The van der Waals surface area contributed by atoms with Gasteiger partial charge in [-0.05, 0) is 55.7 Å². The smallest absolute Gasteiger partial charge is 0.123 e. The van der Waals surface area contributed by atoms with Gasteiger partial charge in [0, 0.05) is 16.6 Å². The van der Waals surface area contributed by atoms with Crippen LogP contribution in [0.25, 0.3) is 0 Å². The first-order valence-corrected chi connectivity index (χ1v) is 7.60. The fourth-order valence-corrected chi connectivity index (χ4v) is 2.60. The van der Waals surface area contributed by atoms with Crippen molar-refractivity contribution in [3.05, 3.63) is 69.9 Å². The Morgan fingerprint density at radius 1 is 1.10 bits per heavy atom. The summed E-state index contributed by atoms with van der Waals surface area (Å²) in [5.41, 5.74) is 2.27. The van der Waals surface area contributed by atoms with Gasteiger partial charge < -0.3 is 5.32 Å². The third kappa shape index (κ3) is 4.43. The highest BCUT2D eigenvalue weighted by Crippen LogP contribution is 2.16. The summed E-state index contributed by atoms with van der Waals surface area (Å²) in [6.45, 7) is 4.21. The molecule has 1 N–H and O–H groups in total. The fraction of sp³-hybridized carbons (Fsp3) is 0.294. The van der Waals surface area contributed by atoms with Crippen molar-refractivity contribution in [1.29, 1.82) is 0 Å². The number of benzene rings is 2. The average molecular weight is 336 g/mol. The highest BCUT2D eigenvalue weighted by atomic mass is 79.9. The van der Waals surface area contributed by atoms with Crippen LogP contribution >= 0.6 is 15.9 Å². The van der Waals surface area contributed by atoms with Crippen molar-refractivity contribution < 1.29 is 4.39 Å². The zero-order chi connectivity index (χ0) is 14.5. The zero-order valence-corrected chi connectivity index (χ0v) is 13.3. The summed E-state index contributed by atoms with van der Waals surface area (Å²) >= 11 is 3.44. The molecule has 0 aliphatic heterocycles. The SMILES string of the molecule is CC(Cc1ccc(Br)cc1)N[C@@H](C)c1cccc(F)c1. The summed E-state index contributed by atoms with van der Waals surface area (Å²) in [5, 5.41) is 3.51. The van der Waals surface area contributed by atoms with E-state index in [-0.39, 0.29) is 11.9 Å². The molecule has 0 aliphatic rings. The lowest BCUT2D eigenvalue weighted by molar-refractivity contribution is 0.475. The number of halogens is 2. The quantitative estimate of drug-likeness (QED) is 0.821.